The molecule has 2 rings (SSSR count). The van der Waals surface area contributed by atoms with Crippen molar-refractivity contribution in [3.05, 3.63) is 16.3 Å². The standard InChI is InChI=1S/C7H9BrN2O/c8-7-10-5-3-1-2-4(9)6(5)11-7/h4H,1-3,9H2. The molecule has 0 fully saturated rings. The van der Waals surface area contributed by atoms with E-state index < -0.39 is 0 Å². The largest absolute Gasteiger partial charge is 0.434 e. The Morgan fingerprint density at radius 3 is 3.18 bits per heavy atom. The molecule has 60 valence electrons. The molecule has 1 aromatic heterocycles. The molecule has 0 radical (unpaired) electrons. The summed E-state index contributed by atoms with van der Waals surface area (Å²) in [7, 11) is 0. The Labute approximate surface area is 73.1 Å². The van der Waals surface area contributed by atoms with Gasteiger partial charge in [0, 0.05) is 15.9 Å². The van der Waals surface area contributed by atoms with Crippen molar-refractivity contribution < 1.29 is 4.42 Å². The van der Waals surface area contributed by atoms with E-state index in [1.54, 1.807) is 0 Å². The lowest BCUT2D eigenvalue weighted by molar-refractivity contribution is 0.410. The third kappa shape index (κ3) is 1.20. The normalized spacial score (nSPS) is 23.3. The second kappa shape index (κ2) is 2.60. The Kier molecular flexibility index (Phi) is 1.73. The summed E-state index contributed by atoms with van der Waals surface area (Å²) in [5.74, 6) is 0.864. The molecule has 0 spiro atoms. The van der Waals surface area contributed by atoms with Crippen LogP contribution in [-0.4, -0.2) is 4.98 Å². The summed E-state index contributed by atoms with van der Waals surface area (Å²) >= 11 is 3.19. The van der Waals surface area contributed by atoms with Gasteiger partial charge in [0.05, 0.1) is 11.7 Å². The molecule has 0 bridgehead atoms. The molecule has 2 N–H and O–H groups in total. The van der Waals surface area contributed by atoms with Gasteiger partial charge < -0.3 is 10.2 Å². The Hall–Kier alpha value is -0.350. The van der Waals surface area contributed by atoms with Crippen molar-refractivity contribution in [2.75, 3.05) is 0 Å². The van der Waals surface area contributed by atoms with Gasteiger partial charge in [-0.05, 0) is 19.3 Å². The first kappa shape index (κ1) is 7.31. The van der Waals surface area contributed by atoms with Crippen molar-refractivity contribution in [2.24, 2.45) is 5.73 Å². The van der Waals surface area contributed by atoms with Gasteiger partial charge in [-0.25, -0.2) is 4.98 Å². The zero-order valence-corrected chi connectivity index (χ0v) is 7.60. The van der Waals surface area contributed by atoms with E-state index in [1.807, 2.05) is 0 Å². The Bertz CT molecular complexity index is 271. The number of hydrogen-bond acceptors (Lipinski definition) is 3. The lowest BCUT2D eigenvalue weighted by Gasteiger charge is -2.14. The van der Waals surface area contributed by atoms with Crippen LogP contribution in [-0.2, 0) is 6.42 Å². The summed E-state index contributed by atoms with van der Waals surface area (Å²) in [5, 5.41) is 0. The van der Waals surface area contributed by atoms with Gasteiger partial charge in [-0.15, -0.1) is 0 Å². The van der Waals surface area contributed by atoms with Crippen molar-refractivity contribution in [1.29, 1.82) is 0 Å². The van der Waals surface area contributed by atoms with Crippen LogP contribution in [0.25, 0.3) is 0 Å². The maximum Gasteiger partial charge on any atom is 0.264 e. The molecule has 1 aromatic rings. The molecule has 1 aliphatic carbocycles. The molecule has 0 amide bonds. The summed E-state index contributed by atoms with van der Waals surface area (Å²) in [6.07, 6.45) is 3.12. The predicted molar refractivity (Wildman–Crippen MR) is 44.1 cm³/mol. The van der Waals surface area contributed by atoms with E-state index in [0.29, 0.717) is 4.80 Å². The second-order valence-corrected chi connectivity index (χ2v) is 3.45. The minimum Gasteiger partial charge on any atom is -0.434 e. The average Bonchev–Trinajstić information content (AvgIpc) is 2.31. The van der Waals surface area contributed by atoms with Crippen molar-refractivity contribution in [2.45, 2.75) is 25.3 Å². The summed E-state index contributed by atoms with van der Waals surface area (Å²) in [4.78, 5) is 4.73. The van der Waals surface area contributed by atoms with Gasteiger partial charge in [-0.1, -0.05) is 0 Å². The van der Waals surface area contributed by atoms with E-state index in [2.05, 4.69) is 20.9 Å². The van der Waals surface area contributed by atoms with Gasteiger partial charge in [0.25, 0.3) is 4.80 Å². The molecule has 3 nitrogen and oxygen atoms in total. The van der Waals surface area contributed by atoms with Gasteiger partial charge in [-0.3, -0.25) is 0 Å². The molecule has 4 heteroatoms. The molecule has 0 aliphatic heterocycles. The number of nitrogens with zero attached hydrogens (tertiary/aromatic N) is 1. The SMILES string of the molecule is NC1CCCc2nc(Br)oc21. The fourth-order valence-corrected chi connectivity index (χ4v) is 1.81. The van der Waals surface area contributed by atoms with Gasteiger partial charge >= 0.3 is 0 Å². The average molecular weight is 217 g/mol. The highest BCUT2D eigenvalue weighted by Gasteiger charge is 2.22. The van der Waals surface area contributed by atoms with Crippen LogP contribution in [0, 0.1) is 0 Å². The molecule has 0 saturated carbocycles. The maximum absolute atomic E-state index is 5.81. The van der Waals surface area contributed by atoms with Crippen LogP contribution in [0.15, 0.2) is 9.22 Å². The first-order chi connectivity index (χ1) is 5.27. The molecule has 11 heavy (non-hydrogen) atoms. The number of rotatable bonds is 0. The van der Waals surface area contributed by atoms with Crippen LogP contribution >= 0.6 is 15.9 Å². The highest BCUT2D eigenvalue weighted by Crippen LogP contribution is 2.29. The smallest absolute Gasteiger partial charge is 0.264 e. The number of fused-ring (bicyclic) bond motifs is 1. The quantitative estimate of drug-likeness (QED) is 0.720. The lowest BCUT2D eigenvalue weighted by Crippen LogP contribution is -2.15. The van der Waals surface area contributed by atoms with E-state index in [-0.39, 0.29) is 6.04 Å². The van der Waals surface area contributed by atoms with Crippen LogP contribution in [0.3, 0.4) is 0 Å². The van der Waals surface area contributed by atoms with Crippen LogP contribution in [0.4, 0.5) is 0 Å². The van der Waals surface area contributed by atoms with E-state index in [0.717, 1.165) is 30.7 Å². The third-order valence-electron chi connectivity index (χ3n) is 1.97. The predicted octanol–water partition coefficient (Wildman–Crippen LogP) is 1.77. The monoisotopic (exact) mass is 216 g/mol. The number of nitrogens with two attached hydrogens (primary N) is 1. The van der Waals surface area contributed by atoms with Crippen molar-refractivity contribution in [1.82, 2.24) is 4.98 Å². The Morgan fingerprint density at radius 1 is 1.64 bits per heavy atom. The van der Waals surface area contributed by atoms with E-state index in [1.165, 1.54) is 0 Å². The van der Waals surface area contributed by atoms with Crippen LogP contribution in [0.5, 0.6) is 0 Å². The topological polar surface area (TPSA) is 52.0 Å². The second-order valence-electron chi connectivity index (χ2n) is 2.78. The summed E-state index contributed by atoms with van der Waals surface area (Å²) in [5.41, 5.74) is 6.83. The molecule has 1 aliphatic rings. The van der Waals surface area contributed by atoms with Crippen molar-refractivity contribution in [3.8, 4) is 0 Å². The Balaban J connectivity index is 2.43. The van der Waals surface area contributed by atoms with Gasteiger partial charge in [0.1, 0.15) is 5.76 Å². The van der Waals surface area contributed by atoms with Crippen LogP contribution < -0.4 is 5.73 Å². The number of halogens is 1. The maximum atomic E-state index is 5.81. The number of aryl methyl sites for hydroxylation is 1. The molecule has 1 unspecified atom stereocenters. The van der Waals surface area contributed by atoms with E-state index in [9.17, 15) is 0 Å². The Morgan fingerprint density at radius 2 is 2.45 bits per heavy atom. The molecule has 1 heterocycles. The molecular formula is C7H9BrN2O. The summed E-state index contributed by atoms with van der Waals surface area (Å²) < 4.78 is 5.30. The highest BCUT2D eigenvalue weighted by atomic mass is 79.9. The number of hydrogen-bond donors (Lipinski definition) is 1. The fraction of sp³-hybridized carbons (Fsp3) is 0.571. The van der Waals surface area contributed by atoms with Crippen LogP contribution in [0.2, 0.25) is 0 Å². The minimum atomic E-state index is 0.0533. The summed E-state index contributed by atoms with van der Waals surface area (Å²) in [6, 6.07) is 0.0533. The summed E-state index contributed by atoms with van der Waals surface area (Å²) in [6.45, 7) is 0. The number of aromatic nitrogens is 1. The zero-order chi connectivity index (χ0) is 7.84. The van der Waals surface area contributed by atoms with E-state index in [4.69, 9.17) is 10.2 Å². The molecule has 0 aromatic carbocycles. The van der Waals surface area contributed by atoms with Gasteiger partial charge in [0.15, 0.2) is 0 Å². The number of oxazole rings is 1. The molecule has 0 saturated heterocycles. The van der Waals surface area contributed by atoms with E-state index >= 15 is 0 Å². The molecule has 1 atom stereocenters. The third-order valence-corrected chi connectivity index (χ3v) is 2.31. The minimum absolute atomic E-state index is 0.0533. The van der Waals surface area contributed by atoms with Gasteiger partial charge in [-0.2, -0.15) is 0 Å². The van der Waals surface area contributed by atoms with Crippen molar-refractivity contribution >= 4 is 15.9 Å². The zero-order valence-electron chi connectivity index (χ0n) is 6.01. The van der Waals surface area contributed by atoms with Gasteiger partial charge in [0.2, 0.25) is 0 Å². The first-order valence-electron chi connectivity index (χ1n) is 3.68. The first-order valence-corrected chi connectivity index (χ1v) is 4.47. The fourth-order valence-electron chi connectivity index (χ4n) is 1.42. The lowest BCUT2D eigenvalue weighted by atomic mass is 9.98. The van der Waals surface area contributed by atoms with Crippen LogP contribution in [0.1, 0.15) is 30.3 Å². The molecular weight excluding hydrogens is 208 g/mol. The van der Waals surface area contributed by atoms with Crippen molar-refractivity contribution in [3.63, 3.8) is 0 Å². The highest BCUT2D eigenvalue weighted by molar-refractivity contribution is 9.10.